The van der Waals surface area contributed by atoms with Crippen molar-refractivity contribution in [2.45, 2.75) is 52.4 Å². The maximum absolute atomic E-state index is 11.5. The zero-order valence-corrected chi connectivity index (χ0v) is 11.9. The average Bonchev–Trinajstić information content (AvgIpc) is 2.32. The second kappa shape index (κ2) is 9.22. The van der Waals surface area contributed by atoms with Gasteiger partial charge in [0.25, 0.3) is 0 Å². The number of carboxylic acid groups (broad SMARTS) is 1. The van der Waals surface area contributed by atoms with Crippen molar-refractivity contribution in [3.05, 3.63) is 11.1 Å². The van der Waals surface area contributed by atoms with E-state index in [0.717, 1.165) is 25.7 Å². The van der Waals surface area contributed by atoms with Gasteiger partial charge in [0, 0.05) is 11.1 Å². The number of aliphatic carboxylic acids is 1. The number of carbonyl (C=O) groups is 2. The Morgan fingerprint density at radius 2 is 1.53 bits per heavy atom. The molecule has 0 heterocycles. The monoisotopic (exact) mass is 306 g/mol. The van der Waals surface area contributed by atoms with Crippen molar-refractivity contribution in [1.29, 1.82) is 0 Å². The molecule has 5 heteroatoms. The number of halogens is 1. The highest BCUT2D eigenvalue weighted by molar-refractivity contribution is 9.06. The Morgan fingerprint density at radius 1 is 1.06 bits per heavy atom. The van der Waals surface area contributed by atoms with E-state index in [4.69, 9.17) is 5.11 Å². The molecule has 0 radical (unpaired) electrons. The summed E-state index contributed by atoms with van der Waals surface area (Å²) < 4.78 is 4.47. The Kier molecular flexibility index (Phi) is 8.76. The minimum atomic E-state index is -1.03. The van der Waals surface area contributed by atoms with Crippen LogP contribution in [0.1, 0.15) is 52.4 Å². The number of unbranched alkanes of at least 4 members (excludes halogenated alkanes) is 2. The first-order chi connectivity index (χ1) is 8.08. The minimum Gasteiger partial charge on any atom is -0.478 e. The van der Waals surface area contributed by atoms with E-state index in [0.29, 0.717) is 12.8 Å². The summed E-state index contributed by atoms with van der Waals surface area (Å²) in [6.45, 7) is 3.97. The molecule has 0 aromatic rings. The van der Waals surface area contributed by atoms with Crippen LogP contribution in [-0.2, 0) is 13.4 Å². The highest BCUT2D eigenvalue weighted by Crippen LogP contribution is 2.20. The summed E-state index contributed by atoms with van der Waals surface area (Å²) in [6.07, 6.45) is 4.19. The Hall–Kier alpha value is -0.840. The quantitative estimate of drug-likeness (QED) is 0.696. The van der Waals surface area contributed by atoms with Crippen molar-refractivity contribution < 1.29 is 18.5 Å². The lowest BCUT2D eigenvalue weighted by atomic mass is 9.98. The topological polar surface area (TPSA) is 63.6 Å². The molecule has 0 atom stereocenters. The molecule has 0 aliphatic heterocycles. The van der Waals surface area contributed by atoms with E-state index in [2.05, 4.69) is 20.1 Å². The lowest BCUT2D eigenvalue weighted by molar-refractivity contribution is -0.134. The molecule has 0 saturated carbocycles. The van der Waals surface area contributed by atoms with E-state index < -0.39 is 11.9 Å². The molecule has 98 valence electrons. The van der Waals surface area contributed by atoms with Crippen molar-refractivity contribution in [3.8, 4) is 0 Å². The van der Waals surface area contributed by atoms with Crippen LogP contribution in [0, 0.1) is 0 Å². The predicted molar refractivity (Wildman–Crippen MR) is 68.7 cm³/mol. The minimum absolute atomic E-state index is 0.185. The van der Waals surface area contributed by atoms with Crippen molar-refractivity contribution in [2.24, 2.45) is 0 Å². The van der Waals surface area contributed by atoms with Gasteiger partial charge in [0.15, 0.2) is 16.3 Å². The summed E-state index contributed by atoms with van der Waals surface area (Å²) in [5.41, 5.74) is 0.467. The maximum atomic E-state index is 11.5. The maximum Gasteiger partial charge on any atom is 0.346 e. The molecular weight excluding hydrogens is 288 g/mol. The molecule has 0 aliphatic rings. The standard InChI is InChI=1S/C12H19BrO4/c1-3-5-7-9(11(14)15)10(8-6-4-2)12(16)17-13/h3-8H2,1-2H3,(H,14,15)/b10-9-. The van der Waals surface area contributed by atoms with Crippen LogP contribution in [0.4, 0.5) is 0 Å². The van der Waals surface area contributed by atoms with E-state index in [-0.39, 0.29) is 11.1 Å². The van der Waals surface area contributed by atoms with Gasteiger partial charge >= 0.3 is 11.9 Å². The van der Waals surface area contributed by atoms with Crippen LogP contribution in [-0.4, -0.2) is 17.0 Å². The van der Waals surface area contributed by atoms with Gasteiger partial charge in [0.1, 0.15) is 0 Å². The number of carboxylic acids is 1. The van der Waals surface area contributed by atoms with Gasteiger partial charge < -0.3 is 8.93 Å². The molecule has 1 N–H and O–H groups in total. The third kappa shape index (κ3) is 5.86. The second-order valence-electron chi connectivity index (χ2n) is 3.83. The number of hydrogen-bond donors (Lipinski definition) is 1. The molecule has 4 nitrogen and oxygen atoms in total. The van der Waals surface area contributed by atoms with Crippen molar-refractivity contribution in [1.82, 2.24) is 0 Å². The third-order valence-electron chi connectivity index (χ3n) is 2.50. The van der Waals surface area contributed by atoms with Gasteiger partial charge in [-0.25, -0.2) is 9.59 Å². The molecule has 0 fully saturated rings. The zero-order valence-electron chi connectivity index (χ0n) is 10.3. The molecule has 0 aliphatic carbocycles. The largest absolute Gasteiger partial charge is 0.478 e. The van der Waals surface area contributed by atoms with E-state index >= 15 is 0 Å². The SMILES string of the molecule is CCCC/C(C(=O)O)=C(\CCCC)C(=O)OBr. The molecule has 0 aromatic heterocycles. The van der Waals surface area contributed by atoms with Gasteiger partial charge in [-0.15, -0.1) is 0 Å². The van der Waals surface area contributed by atoms with Gasteiger partial charge in [0.05, 0.1) is 0 Å². The van der Waals surface area contributed by atoms with E-state index in [1.165, 1.54) is 0 Å². The van der Waals surface area contributed by atoms with Crippen LogP contribution in [0.2, 0.25) is 0 Å². The molecule has 0 bridgehead atoms. The van der Waals surface area contributed by atoms with Crippen LogP contribution in [0.25, 0.3) is 0 Å². The smallest absolute Gasteiger partial charge is 0.346 e. The summed E-state index contributed by atoms with van der Waals surface area (Å²) in [4.78, 5) is 22.7. The summed E-state index contributed by atoms with van der Waals surface area (Å²) in [7, 11) is 0. The van der Waals surface area contributed by atoms with Crippen LogP contribution in [0.3, 0.4) is 0 Å². The van der Waals surface area contributed by atoms with E-state index in [1.54, 1.807) is 0 Å². The fourth-order valence-corrected chi connectivity index (χ4v) is 1.71. The predicted octanol–water partition coefficient (Wildman–Crippen LogP) is 3.60. The fourth-order valence-electron chi connectivity index (χ4n) is 1.52. The summed E-state index contributed by atoms with van der Waals surface area (Å²) in [5.74, 6) is -1.62. The Labute approximate surface area is 110 Å². The number of carbonyl (C=O) groups excluding carboxylic acids is 1. The van der Waals surface area contributed by atoms with Gasteiger partial charge in [-0.3, -0.25) is 0 Å². The highest BCUT2D eigenvalue weighted by atomic mass is 79.9. The molecule has 17 heavy (non-hydrogen) atoms. The Morgan fingerprint density at radius 3 is 1.88 bits per heavy atom. The van der Waals surface area contributed by atoms with Crippen LogP contribution >= 0.6 is 16.3 Å². The molecule has 0 unspecified atom stereocenters. The first kappa shape index (κ1) is 16.2. The molecule has 0 saturated heterocycles. The Bertz CT molecular complexity index is 297. The molecule has 0 aromatic carbocycles. The first-order valence-corrected chi connectivity index (χ1v) is 6.51. The van der Waals surface area contributed by atoms with Crippen LogP contribution in [0.5, 0.6) is 0 Å². The van der Waals surface area contributed by atoms with Crippen LogP contribution < -0.4 is 0 Å². The van der Waals surface area contributed by atoms with Gasteiger partial charge in [-0.1, -0.05) is 26.7 Å². The second-order valence-corrected chi connectivity index (χ2v) is 4.16. The molecule has 0 amide bonds. The zero-order chi connectivity index (χ0) is 13.3. The summed E-state index contributed by atoms with van der Waals surface area (Å²) in [5, 5.41) is 9.13. The molecule has 0 spiro atoms. The average molecular weight is 307 g/mol. The molecule has 0 rings (SSSR count). The first-order valence-electron chi connectivity index (χ1n) is 5.86. The Balaban J connectivity index is 5.07. The lowest BCUT2D eigenvalue weighted by Gasteiger charge is -2.09. The molecular formula is C12H19BrO4. The normalized spacial score (nSPS) is 11.9. The lowest BCUT2D eigenvalue weighted by Crippen LogP contribution is -2.12. The van der Waals surface area contributed by atoms with Gasteiger partial charge in [-0.2, -0.15) is 0 Å². The summed E-state index contributed by atoms with van der Waals surface area (Å²) in [6, 6.07) is 0. The third-order valence-corrected chi connectivity index (χ3v) is 2.79. The van der Waals surface area contributed by atoms with Crippen molar-refractivity contribution >= 4 is 28.2 Å². The van der Waals surface area contributed by atoms with Crippen molar-refractivity contribution in [2.75, 3.05) is 0 Å². The summed E-state index contributed by atoms with van der Waals surface area (Å²) >= 11 is 2.62. The number of rotatable bonds is 8. The fraction of sp³-hybridized carbons (Fsp3) is 0.667. The van der Waals surface area contributed by atoms with E-state index in [1.807, 2.05) is 13.8 Å². The highest BCUT2D eigenvalue weighted by Gasteiger charge is 2.20. The number of hydrogen-bond acceptors (Lipinski definition) is 3. The van der Waals surface area contributed by atoms with Gasteiger partial charge in [-0.05, 0) is 25.7 Å². The van der Waals surface area contributed by atoms with E-state index in [9.17, 15) is 9.59 Å². The van der Waals surface area contributed by atoms with Gasteiger partial charge in [0.2, 0.25) is 0 Å². The van der Waals surface area contributed by atoms with Crippen molar-refractivity contribution in [3.63, 3.8) is 0 Å². The van der Waals surface area contributed by atoms with Crippen LogP contribution in [0.15, 0.2) is 11.1 Å².